The summed E-state index contributed by atoms with van der Waals surface area (Å²) in [5, 5.41) is 8.96. The summed E-state index contributed by atoms with van der Waals surface area (Å²) in [6.07, 6.45) is 0. The number of benzene rings is 1. The Morgan fingerprint density at radius 3 is 2.62 bits per heavy atom. The molecule has 0 aliphatic carbocycles. The summed E-state index contributed by atoms with van der Waals surface area (Å²) < 4.78 is 0. The molecule has 0 aliphatic heterocycles. The highest BCUT2D eigenvalue weighted by Gasteiger charge is 2.02. The third-order valence-corrected chi connectivity index (χ3v) is 2.28. The maximum atomic E-state index is 11.3. The fraction of sp³-hybridized carbons (Fsp3) is 0.167. The van der Waals surface area contributed by atoms with Gasteiger partial charge in [-0.05, 0) is 6.92 Å². The number of nitrogens with zero attached hydrogens (tertiary/aromatic N) is 1. The first-order valence-electron chi connectivity index (χ1n) is 4.97. The predicted molar refractivity (Wildman–Crippen MR) is 61.0 cm³/mol. The van der Waals surface area contributed by atoms with Crippen molar-refractivity contribution in [1.82, 2.24) is 9.97 Å². The van der Waals surface area contributed by atoms with E-state index in [1.807, 2.05) is 31.2 Å². The van der Waals surface area contributed by atoms with E-state index >= 15 is 0 Å². The van der Waals surface area contributed by atoms with E-state index in [2.05, 4.69) is 9.97 Å². The summed E-state index contributed by atoms with van der Waals surface area (Å²) in [7, 11) is 0. The molecule has 1 aromatic heterocycles. The van der Waals surface area contributed by atoms with Crippen LogP contribution in [0.15, 0.2) is 35.1 Å². The van der Waals surface area contributed by atoms with Crippen LogP contribution in [0.3, 0.4) is 0 Å². The van der Waals surface area contributed by atoms with Gasteiger partial charge in [-0.2, -0.15) is 0 Å². The number of aromatic nitrogens is 2. The van der Waals surface area contributed by atoms with Gasteiger partial charge in [0.2, 0.25) is 0 Å². The minimum Gasteiger partial charge on any atom is -0.390 e. The lowest BCUT2D eigenvalue weighted by Gasteiger charge is -2.02. The number of aliphatic hydroxyl groups is 1. The van der Waals surface area contributed by atoms with Crippen LogP contribution in [0.4, 0.5) is 0 Å². The van der Waals surface area contributed by atoms with E-state index in [9.17, 15) is 4.79 Å². The summed E-state index contributed by atoms with van der Waals surface area (Å²) in [4.78, 5) is 18.1. The van der Waals surface area contributed by atoms with Crippen LogP contribution in [0.1, 0.15) is 11.3 Å². The number of hydrogen-bond acceptors (Lipinski definition) is 3. The number of aromatic amines is 1. The largest absolute Gasteiger partial charge is 0.390 e. The molecule has 1 heterocycles. The molecular formula is C12H12N2O2. The lowest BCUT2D eigenvalue weighted by molar-refractivity contribution is 0.276. The minimum absolute atomic E-state index is 0.233. The highest BCUT2D eigenvalue weighted by molar-refractivity contribution is 5.55. The molecule has 0 spiro atoms. The van der Waals surface area contributed by atoms with Crippen LogP contribution in [0, 0.1) is 6.92 Å². The van der Waals surface area contributed by atoms with E-state index in [0.29, 0.717) is 11.5 Å². The first-order chi connectivity index (χ1) is 7.69. The molecule has 4 heteroatoms. The lowest BCUT2D eigenvalue weighted by Crippen LogP contribution is -2.10. The molecule has 2 N–H and O–H groups in total. The van der Waals surface area contributed by atoms with Crippen molar-refractivity contribution in [2.24, 2.45) is 0 Å². The molecule has 0 bridgehead atoms. The van der Waals surface area contributed by atoms with E-state index in [4.69, 9.17) is 5.11 Å². The Balaban J connectivity index is 2.51. The average Bonchev–Trinajstić information content (AvgIpc) is 2.29. The SMILES string of the molecule is Cc1ccc(-c2nc(CO)cc(=O)[nH]2)cc1. The Labute approximate surface area is 92.6 Å². The number of rotatable bonds is 2. The zero-order valence-electron chi connectivity index (χ0n) is 8.90. The third kappa shape index (κ3) is 2.17. The number of aliphatic hydroxyl groups excluding tert-OH is 1. The van der Waals surface area contributed by atoms with Crippen molar-refractivity contribution in [2.45, 2.75) is 13.5 Å². The Morgan fingerprint density at radius 2 is 2.00 bits per heavy atom. The first kappa shape index (κ1) is 10.6. The van der Waals surface area contributed by atoms with Crippen molar-refractivity contribution in [3.05, 3.63) is 51.9 Å². The van der Waals surface area contributed by atoms with Crippen molar-refractivity contribution in [1.29, 1.82) is 0 Å². The summed E-state index contributed by atoms with van der Waals surface area (Å²) in [5.74, 6) is 0.483. The summed E-state index contributed by atoms with van der Waals surface area (Å²) >= 11 is 0. The second-order valence-corrected chi connectivity index (χ2v) is 3.61. The van der Waals surface area contributed by atoms with Crippen LogP contribution in [0.25, 0.3) is 11.4 Å². The second kappa shape index (κ2) is 4.28. The fourth-order valence-corrected chi connectivity index (χ4v) is 1.44. The van der Waals surface area contributed by atoms with Gasteiger partial charge in [0.05, 0.1) is 12.3 Å². The first-order valence-corrected chi connectivity index (χ1v) is 4.97. The number of nitrogens with one attached hydrogen (secondary N) is 1. The molecule has 2 aromatic rings. The second-order valence-electron chi connectivity index (χ2n) is 3.61. The maximum Gasteiger partial charge on any atom is 0.251 e. The normalized spacial score (nSPS) is 10.4. The monoisotopic (exact) mass is 216 g/mol. The van der Waals surface area contributed by atoms with Crippen LogP contribution in [0.2, 0.25) is 0 Å². The van der Waals surface area contributed by atoms with Crippen LogP contribution in [-0.2, 0) is 6.61 Å². The summed E-state index contributed by atoms with van der Waals surface area (Å²) in [6.45, 7) is 1.76. The highest BCUT2D eigenvalue weighted by atomic mass is 16.3. The standard InChI is InChI=1S/C12H12N2O2/c1-8-2-4-9(5-3-8)12-13-10(7-15)6-11(16)14-12/h2-6,15H,7H2,1H3,(H,13,14,16). The predicted octanol–water partition coefficient (Wildman–Crippen LogP) is 1.24. The van der Waals surface area contributed by atoms with Crippen molar-refractivity contribution >= 4 is 0 Å². The van der Waals surface area contributed by atoms with E-state index < -0.39 is 0 Å². The van der Waals surface area contributed by atoms with Gasteiger partial charge < -0.3 is 10.1 Å². The summed E-state index contributed by atoms with van der Waals surface area (Å²) in [6, 6.07) is 8.95. The Morgan fingerprint density at radius 1 is 1.31 bits per heavy atom. The van der Waals surface area contributed by atoms with Crippen molar-refractivity contribution < 1.29 is 5.11 Å². The molecule has 0 aliphatic rings. The third-order valence-electron chi connectivity index (χ3n) is 2.28. The number of aryl methyl sites for hydroxylation is 1. The van der Waals surface area contributed by atoms with Crippen molar-refractivity contribution in [2.75, 3.05) is 0 Å². The van der Waals surface area contributed by atoms with Crippen molar-refractivity contribution in [3.8, 4) is 11.4 Å². The lowest BCUT2D eigenvalue weighted by atomic mass is 10.1. The van der Waals surface area contributed by atoms with Gasteiger partial charge in [-0.3, -0.25) is 4.79 Å². The molecule has 2 rings (SSSR count). The molecule has 82 valence electrons. The smallest absolute Gasteiger partial charge is 0.251 e. The molecule has 0 fully saturated rings. The van der Waals surface area contributed by atoms with Gasteiger partial charge in [0.25, 0.3) is 5.56 Å². The molecular weight excluding hydrogens is 204 g/mol. The molecule has 0 amide bonds. The topological polar surface area (TPSA) is 66.0 Å². The van der Waals surface area contributed by atoms with Crippen LogP contribution in [0.5, 0.6) is 0 Å². The molecule has 0 saturated carbocycles. The molecule has 0 atom stereocenters. The van der Waals surface area contributed by atoms with E-state index in [-0.39, 0.29) is 12.2 Å². The molecule has 0 radical (unpaired) electrons. The molecule has 0 unspecified atom stereocenters. The number of hydrogen-bond donors (Lipinski definition) is 2. The van der Waals surface area contributed by atoms with Gasteiger partial charge >= 0.3 is 0 Å². The molecule has 16 heavy (non-hydrogen) atoms. The van der Waals surface area contributed by atoms with Gasteiger partial charge in [0.15, 0.2) is 0 Å². The van der Waals surface area contributed by atoms with Crippen LogP contribution in [-0.4, -0.2) is 15.1 Å². The maximum absolute atomic E-state index is 11.3. The van der Waals surface area contributed by atoms with E-state index in [1.54, 1.807) is 0 Å². The Hall–Kier alpha value is -1.94. The van der Waals surface area contributed by atoms with E-state index in [1.165, 1.54) is 6.07 Å². The minimum atomic E-state index is -0.255. The zero-order chi connectivity index (χ0) is 11.5. The molecule has 1 aromatic carbocycles. The fourth-order valence-electron chi connectivity index (χ4n) is 1.44. The van der Waals surface area contributed by atoms with Crippen LogP contribution >= 0.6 is 0 Å². The average molecular weight is 216 g/mol. The number of H-pyrrole nitrogens is 1. The van der Waals surface area contributed by atoms with E-state index in [0.717, 1.165) is 11.1 Å². The molecule has 0 saturated heterocycles. The van der Waals surface area contributed by atoms with Gasteiger partial charge in [-0.15, -0.1) is 0 Å². The highest BCUT2D eigenvalue weighted by Crippen LogP contribution is 2.14. The Bertz CT molecular complexity index is 544. The summed E-state index contributed by atoms with van der Waals surface area (Å²) in [5.41, 5.74) is 2.09. The van der Waals surface area contributed by atoms with Gasteiger partial charge in [-0.1, -0.05) is 29.8 Å². The zero-order valence-corrected chi connectivity index (χ0v) is 8.90. The van der Waals surface area contributed by atoms with Gasteiger partial charge in [0.1, 0.15) is 5.82 Å². The van der Waals surface area contributed by atoms with Crippen molar-refractivity contribution in [3.63, 3.8) is 0 Å². The van der Waals surface area contributed by atoms with Gasteiger partial charge in [0, 0.05) is 11.6 Å². The molecule has 4 nitrogen and oxygen atoms in total. The van der Waals surface area contributed by atoms with Gasteiger partial charge in [-0.25, -0.2) is 4.98 Å². The Kier molecular flexibility index (Phi) is 2.83. The van der Waals surface area contributed by atoms with Crippen LogP contribution < -0.4 is 5.56 Å². The quantitative estimate of drug-likeness (QED) is 0.793.